The Morgan fingerprint density at radius 1 is 1.11 bits per heavy atom. The molecule has 2 aliphatic rings. The number of aromatic nitrogens is 1. The molecular formula is C23H24ClN3O. The largest absolute Gasteiger partial charge is 0.351 e. The van der Waals surface area contributed by atoms with Crippen LogP contribution in [0.1, 0.15) is 27.7 Å². The Labute approximate surface area is 170 Å². The second-order valence-corrected chi connectivity index (χ2v) is 8.73. The lowest BCUT2D eigenvalue weighted by atomic mass is 9.88. The van der Waals surface area contributed by atoms with Gasteiger partial charge in [0.05, 0.1) is 0 Å². The van der Waals surface area contributed by atoms with Crippen LogP contribution in [0.3, 0.4) is 0 Å². The summed E-state index contributed by atoms with van der Waals surface area (Å²) in [4.78, 5) is 20.9. The highest BCUT2D eigenvalue weighted by Gasteiger charge is 2.47. The normalized spacial score (nSPS) is 24.8. The van der Waals surface area contributed by atoms with E-state index in [1.807, 2.05) is 29.2 Å². The number of aromatic amines is 1. The molecule has 28 heavy (non-hydrogen) atoms. The van der Waals surface area contributed by atoms with Gasteiger partial charge < -0.3 is 9.88 Å². The van der Waals surface area contributed by atoms with Gasteiger partial charge in [0.1, 0.15) is 5.69 Å². The minimum Gasteiger partial charge on any atom is -0.351 e. The third-order valence-corrected chi connectivity index (χ3v) is 6.74. The maximum absolute atomic E-state index is 13.2. The maximum Gasteiger partial charge on any atom is 0.270 e. The molecule has 0 bridgehead atoms. The van der Waals surface area contributed by atoms with Gasteiger partial charge in [-0.3, -0.25) is 9.69 Å². The first-order valence-electron chi connectivity index (χ1n) is 9.84. The van der Waals surface area contributed by atoms with E-state index in [0.29, 0.717) is 28.6 Å². The van der Waals surface area contributed by atoms with Crippen molar-refractivity contribution >= 4 is 28.4 Å². The van der Waals surface area contributed by atoms with E-state index in [9.17, 15) is 4.79 Å². The zero-order valence-corrected chi connectivity index (χ0v) is 16.9. The summed E-state index contributed by atoms with van der Waals surface area (Å²) in [5, 5.41) is 1.66. The molecule has 0 spiro atoms. The average molecular weight is 394 g/mol. The standard InChI is InChI=1S/C23H24ClN3O/c1-14-5-3-4-6-18(14)22-19-13-27(12-16(19)11-26(22)2)23(28)21-10-15-9-17(24)7-8-20(15)25-21/h3-10,16,19,22,25H,11-13H2,1-2H3/t16-,19+,22+/m0/s1. The maximum atomic E-state index is 13.2. The third-order valence-electron chi connectivity index (χ3n) is 6.50. The van der Waals surface area contributed by atoms with Crippen LogP contribution in [0, 0.1) is 18.8 Å². The van der Waals surface area contributed by atoms with Gasteiger partial charge in [0.15, 0.2) is 0 Å². The highest BCUT2D eigenvalue weighted by atomic mass is 35.5. The van der Waals surface area contributed by atoms with Crippen molar-refractivity contribution < 1.29 is 4.79 Å². The van der Waals surface area contributed by atoms with Gasteiger partial charge in [0, 0.05) is 47.5 Å². The number of nitrogens with zero attached hydrogens (tertiary/aromatic N) is 2. The van der Waals surface area contributed by atoms with E-state index in [4.69, 9.17) is 11.6 Å². The van der Waals surface area contributed by atoms with Gasteiger partial charge in [0.25, 0.3) is 5.91 Å². The van der Waals surface area contributed by atoms with E-state index in [0.717, 1.165) is 30.5 Å². The fourth-order valence-electron chi connectivity index (χ4n) is 5.20. The number of aryl methyl sites for hydroxylation is 1. The second kappa shape index (κ2) is 6.64. The first-order valence-corrected chi connectivity index (χ1v) is 10.2. The number of carbonyl (C=O) groups excluding carboxylic acids is 1. The predicted molar refractivity (Wildman–Crippen MR) is 113 cm³/mol. The zero-order chi connectivity index (χ0) is 19.4. The number of H-pyrrole nitrogens is 1. The van der Waals surface area contributed by atoms with Crippen LogP contribution in [-0.2, 0) is 0 Å². The highest BCUT2D eigenvalue weighted by Crippen LogP contribution is 2.45. The number of halogens is 1. The molecule has 2 aliphatic heterocycles. The lowest BCUT2D eigenvalue weighted by molar-refractivity contribution is 0.0763. The van der Waals surface area contributed by atoms with Crippen LogP contribution in [0.25, 0.3) is 10.9 Å². The van der Waals surface area contributed by atoms with Crippen LogP contribution in [0.2, 0.25) is 5.02 Å². The summed E-state index contributed by atoms with van der Waals surface area (Å²) in [6.07, 6.45) is 0. The first-order chi connectivity index (χ1) is 13.5. The van der Waals surface area contributed by atoms with Crippen molar-refractivity contribution in [2.24, 2.45) is 11.8 Å². The summed E-state index contributed by atoms with van der Waals surface area (Å²) >= 11 is 6.09. The van der Waals surface area contributed by atoms with Gasteiger partial charge in [-0.1, -0.05) is 35.9 Å². The van der Waals surface area contributed by atoms with E-state index in [1.165, 1.54) is 11.1 Å². The van der Waals surface area contributed by atoms with Crippen molar-refractivity contribution in [2.45, 2.75) is 13.0 Å². The molecule has 1 amide bonds. The van der Waals surface area contributed by atoms with Crippen LogP contribution in [0.15, 0.2) is 48.5 Å². The molecule has 0 unspecified atom stereocenters. The fourth-order valence-corrected chi connectivity index (χ4v) is 5.38. The van der Waals surface area contributed by atoms with Crippen molar-refractivity contribution in [1.82, 2.24) is 14.8 Å². The lowest BCUT2D eigenvalue weighted by Gasteiger charge is -2.28. The van der Waals surface area contributed by atoms with Crippen molar-refractivity contribution in [1.29, 1.82) is 0 Å². The first kappa shape index (κ1) is 17.8. The Morgan fingerprint density at radius 2 is 1.93 bits per heavy atom. The van der Waals surface area contributed by atoms with Gasteiger partial charge in [-0.05, 0) is 55.3 Å². The van der Waals surface area contributed by atoms with E-state index in [1.54, 1.807) is 0 Å². The number of nitrogens with one attached hydrogen (secondary N) is 1. The van der Waals surface area contributed by atoms with Gasteiger partial charge in [-0.25, -0.2) is 0 Å². The van der Waals surface area contributed by atoms with Crippen LogP contribution in [0.4, 0.5) is 0 Å². The van der Waals surface area contributed by atoms with E-state index in [-0.39, 0.29) is 5.91 Å². The van der Waals surface area contributed by atoms with Crippen LogP contribution in [0.5, 0.6) is 0 Å². The Bertz CT molecular complexity index is 1060. The quantitative estimate of drug-likeness (QED) is 0.696. The molecule has 3 aromatic rings. The molecule has 0 aliphatic carbocycles. The van der Waals surface area contributed by atoms with Crippen LogP contribution >= 0.6 is 11.6 Å². The van der Waals surface area contributed by atoms with Gasteiger partial charge in [0.2, 0.25) is 0 Å². The molecule has 0 radical (unpaired) electrons. The molecule has 5 heteroatoms. The molecule has 0 saturated carbocycles. The SMILES string of the molecule is Cc1ccccc1[C@@H]1[C@@H]2CN(C(=O)c3cc4cc(Cl)ccc4[nH]3)C[C@@H]2CN1C. The second-order valence-electron chi connectivity index (χ2n) is 8.29. The number of rotatable bonds is 2. The number of hydrogen-bond acceptors (Lipinski definition) is 2. The topological polar surface area (TPSA) is 39.3 Å². The summed E-state index contributed by atoms with van der Waals surface area (Å²) in [5.74, 6) is 1.10. The van der Waals surface area contributed by atoms with Crippen LogP contribution < -0.4 is 0 Å². The highest BCUT2D eigenvalue weighted by molar-refractivity contribution is 6.31. The number of likely N-dealkylation sites (tertiary alicyclic amines) is 2. The molecular weight excluding hydrogens is 370 g/mol. The van der Waals surface area contributed by atoms with E-state index in [2.05, 4.69) is 48.1 Å². The summed E-state index contributed by atoms with van der Waals surface area (Å²) < 4.78 is 0. The molecule has 1 aromatic heterocycles. The predicted octanol–water partition coefficient (Wildman–Crippen LogP) is 4.50. The van der Waals surface area contributed by atoms with E-state index < -0.39 is 0 Å². The minimum absolute atomic E-state index is 0.0907. The van der Waals surface area contributed by atoms with Crippen molar-refractivity contribution in [2.75, 3.05) is 26.7 Å². The van der Waals surface area contributed by atoms with Crippen molar-refractivity contribution in [3.63, 3.8) is 0 Å². The molecule has 3 heterocycles. The number of benzene rings is 2. The Morgan fingerprint density at radius 3 is 2.75 bits per heavy atom. The molecule has 144 valence electrons. The fraction of sp³-hybridized carbons (Fsp3) is 0.348. The number of carbonyl (C=O) groups is 1. The minimum atomic E-state index is 0.0907. The van der Waals surface area contributed by atoms with Crippen LogP contribution in [-0.4, -0.2) is 47.4 Å². The molecule has 3 atom stereocenters. The molecule has 4 nitrogen and oxygen atoms in total. The number of amides is 1. The third kappa shape index (κ3) is 2.83. The average Bonchev–Trinajstić information content (AvgIpc) is 3.34. The number of hydrogen-bond donors (Lipinski definition) is 1. The molecule has 2 fully saturated rings. The van der Waals surface area contributed by atoms with Gasteiger partial charge >= 0.3 is 0 Å². The Hall–Kier alpha value is -2.30. The zero-order valence-electron chi connectivity index (χ0n) is 16.2. The molecule has 2 saturated heterocycles. The van der Waals surface area contributed by atoms with Crippen molar-refractivity contribution in [3.8, 4) is 0 Å². The molecule has 5 rings (SSSR count). The van der Waals surface area contributed by atoms with Gasteiger partial charge in [-0.2, -0.15) is 0 Å². The lowest BCUT2D eigenvalue weighted by Crippen LogP contribution is -2.33. The smallest absolute Gasteiger partial charge is 0.270 e. The Balaban J connectivity index is 1.40. The van der Waals surface area contributed by atoms with Gasteiger partial charge in [-0.15, -0.1) is 0 Å². The number of fused-ring (bicyclic) bond motifs is 2. The summed E-state index contributed by atoms with van der Waals surface area (Å²) in [6.45, 7) is 4.86. The molecule has 2 aromatic carbocycles. The molecule has 1 N–H and O–H groups in total. The summed E-state index contributed by atoms with van der Waals surface area (Å²) in [6, 6.07) is 16.6. The Kier molecular flexibility index (Phi) is 4.22. The monoisotopic (exact) mass is 393 g/mol. The summed E-state index contributed by atoms with van der Waals surface area (Å²) in [7, 11) is 2.21. The van der Waals surface area contributed by atoms with E-state index >= 15 is 0 Å². The van der Waals surface area contributed by atoms with Crippen molar-refractivity contribution in [3.05, 3.63) is 70.4 Å². The summed E-state index contributed by atoms with van der Waals surface area (Å²) in [5.41, 5.74) is 4.33.